The third-order valence-corrected chi connectivity index (χ3v) is 2.80. The molecular formula is C14H9F2NO4. The molecule has 0 heterocycles. The van der Waals surface area contributed by atoms with Gasteiger partial charge in [0.2, 0.25) is 0 Å². The van der Waals surface area contributed by atoms with Gasteiger partial charge < -0.3 is 4.74 Å². The molecule has 0 aromatic heterocycles. The summed E-state index contributed by atoms with van der Waals surface area (Å²) in [6, 6.07) is 6.39. The Labute approximate surface area is 117 Å². The zero-order valence-electron chi connectivity index (χ0n) is 10.8. The number of hydrogen-bond donors (Lipinski definition) is 0. The lowest BCUT2D eigenvalue weighted by atomic mass is 10.0. The number of benzene rings is 2. The summed E-state index contributed by atoms with van der Waals surface area (Å²) >= 11 is 0. The number of ether oxygens (including phenoxy) is 1. The van der Waals surface area contributed by atoms with E-state index in [1.165, 1.54) is 12.1 Å². The van der Waals surface area contributed by atoms with E-state index < -0.39 is 28.2 Å². The summed E-state index contributed by atoms with van der Waals surface area (Å²) < 4.78 is 30.8. The Morgan fingerprint density at radius 3 is 2.24 bits per heavy atom. The first kappa shape index (κ1) is 14.6. The largest absolute Gasteiger partial charge is 0.465 e. The smallest absolute Gasteiger partial charge is 0.344 e. The molecule has 0 bridgehead atoms. The highest BCUT2D eigenvalue weighted by Crippen LogP contribution is 2.28. The van der Waals surface area contributed by atoms with Crippen LogP contribution in [-0.2, 0) is 4.74 Å². The highest BCUT2D eigenvalue weighted by Gasteiger charge is 2.21. The summed E-state index contributed by atoms with van der Waals surface area (Å²) in [5, 5.41) is 11.0. The molecule has 0 saturated heterocycles. The van der Waals surface area contributed by atoms with E-state index >= 15 is 0 Å². The highest BCUT2D eigenvalue weighted by molar-refractivity contribution is 5.94. The maximum Gasteiger partial charge on any atom is 0.344 e. The number of rotatable bonds is 3. The van der Waals surface area contributed by atoms with Crippen LogP contribution in [-0.4, -0.2) is 18.0 Å². The fourth-order valence-electron chi connectivity index (χ4n) is 1.87. The lowest BCUT2D eigenvalue weighted by Crippen LogP contribution is -2.05. The Morgan fingerprint density at radius 2 is 1.71 bits per heavy atom. The number of nitro groups is 1. The maximum absolute atomic E-state index is 13.2. The molecule has 0 atom stereocenters. The topological polar surface area (TPSA) is 69.4 Å². The Balaban J connectivity index is 2.59. The standard InChI is InChI=1S/C14H9F2NO4/c1-21-14(18)12-3-2-8(6-13(12)17(19)20)9-4-10(15)7-11(16)5-9/h2-7H,1H3. The lowest BCUT2D eigenvalue weighted by molar-refractivity contribution is -0.385. The van der Waals surface area contributed by atoms with Gasteiger partial charge in [-0.1, -0.05) is 6.07 Å². The molecule has 0 aliphatic rings. The quantitative estimate of drug-likeness (QED) is 0.494. The van der Waals surface area contributed by atoms with Crippen molar-refractivity contribution >= 4 is 11.7 Å². The minimum absolute atomic E-state index is 0.131. The van der Waals surface area contributed by atoms with Gasteiger partial charge in [0.25, 0.3) is 5.69 Å². The second-order valence-corrected chi connectivity index (χ2v) is 4.14. The molecule has 2 rings (SSSR count). The fourth-order valence-corrected chi connectivity index (χ4v) is 1.87. The molecule has 0 aliphatic carbocycles. The average molecular weight is 293 g/mol. The highest BCUT2D eigenvalue weighted by atomic mass is 19.1. The zero-order valence-corrected chi connectivity index (χ0v) is 10.8. The molecule has 0 spiro atoms. The van der Waals surface area contributed by atoms with Crippen LogP contribution in [0.25, 0.3) is 11.1 Å². The van der Waals surface area contributed by atoms with Gasteiger partial charge in [0.1, 0.15) is 17.2 Å². The van der Waals surface area contributed by atoms with Crippen molar-refractivity contribution in [3.63, 3.8) is 0 Å². The fraction of sp³-hybridized carbons (Fsp3) is 0.0714. The molecule has 2 aromatic carbocycles. The molecule has 0 fully saturated rings. The van der Waals surface area contributed by atoms with Crippen molar-refractivity contribution in [2.45, 2.75) is 0 Å². The van der Waals surface area contributed by atoms with Gasteiger partial charge in [-0.05, 0) is 29.3 Å². The number of esters is 1. The van der Waals surface area contributed by atoms with Crippen molar-refractivity contribution in [3.8, 4) is 11.1 Å². The normalized spacial score (nSPS) is 10.2. The second kappa shape index (κ2) is 5.66. The van der Waals surface area contributed by atoms with Gasteiger partial charge in [-0.3, -0.25) is 10.1 Å². The van der Waals surface area contributed by atoms with E-state index in [0.29, 0.717) is 6.07 Å². The first-order valence-corrected chi connectivity index (χ1v) is 5.75. The van der Waals surface area contributed by atoms with Crippen LogP contribution in [0.5, 0.6) is 0 Å². The molecule has 0 saturated carbocycles. The predicted molar refractivity (Wildman–Crippen MR) is 69.8 cm³/mol. The minimum Gasteiger partial charge on any atom is -0.465 e. The third-order valence-electron chi connectivity index (χ3n) is 2.80. The van der Waals surface area contributed by atoms with Gasteiger partial charge in [-0.2, -0.15) is 0 Å². The number of hydrogen-bond acceptors (Lipinski definition) is 4. The summed E-state index contributed by atoms with van der Waals surface area (Å²) in [6.45, 7) is 0. The Morgan fingerprint density at radius 1 is 1.10 bits per heavy atom. The number of halogens is 2. The van der Waals surface area contributed by atoms with Crippen LogP contribution in [0.15, 0.2) is 36.4 Å². The summed E-state index contributed by atoms with van der Waals surface area (Å²) in [5.74, 6) is -2.46. The number of nitrogens with zero attached hydrogens (tertiary/aromatic N) is 1. The molecular weight excluding hydrogens is 284 g/mol. The van der Waals surface area contributed by atoms with E-state index in [1.54, 1.807) is 0 Å². The molecule has 5 nitrogen and oxygen atoms in total. The van der Waals surface area contributed by atoms with Crippen LogP contribution >= 0.6 is 0 Å². The van der Waals surface area contributed by atoms with Gasteiger partial charge in [0.05, 0.1) is 12.0 Å². The SMILES string of the molecule is COC(=O)c1ccc(-c2cc(F)cc(F)c2)cc1[N+](=O)[O-]. The van der Waals surface area contributed by atoms with Crippen molar-refractivity contribution < 1.29 is 23.2 Å². The summed E-state index contributed by atoms with van der Waals surface area (Å²) in [6.07, 6.45) is 0. The Bertz CT molecular complexity index is 711. The van der Waals surface area contributed by atoms with Crippen molar-refractivity contribution in [1.29, 1.82) is 0 Å². The number of carbonyl (C=O) groups excluding carboxylic acids is 1. The zero-order chi connectivity index (χ0) is 15.6. The predicted octanol–water partition coefficient (Wildman–Crippen LogP) is 3.33. The Hall–Kier alpha value is -2.83. The van der Waals surface area contributed by atoms with Crippen molar-refractivity contribution in [2.75, 3.05) is 7.11 Å². The van der Waals surface area contributed by atoms with Crippen LogP contribution < -0.4 is 0 Å². The molecule has 7 heteroatoms. The van der Waals surface area contributed by atoms with Crippen LogP contribution in [0.3, 0.4) is 0 Å². The van der Waals surface area contributed by atoms with E-state index in [2.05, 4.69) is 4.74 Å². The first-order valence-electron chi connectivity index (χ1n) is 5.75. The van der Waals surface area contributed by atoms with Crippen molar-refractivity contribution in [2.24, 2.45) is 0 Å². The molecule has 0 unspecified atom stereocenters. The molecule has 0 amide bonds. The minimum atomic E-state index is -0.862. The van der Waals surface area contributed by atoms with Gasteiger partial charge in [-0.15, -0.1) is 0 Å². The van der Waals surface area contributed by atoms with Crippen LogP contribution in [0.2, 0.25) is 0 Å². The molecule has 0 radical (unpaired) electrons. The monoisotopic (exact) mass is 293 g/mol. The van der Waals surface area contributed by atoms with E-state index in [1.807, 2.05) is 0 Å². The molecule has 0 aliphatic heterocycles. The maximum atomic E-state index is 13.2. The lowest BCUT2D eigenvalue weighted by Gasteiger charge is -2.05. The first-order chi connectivity index (χ1) is 9.92. The summed E-state index contributed by atoms with van der Waals surface area (Å²) in [7, 11) is 1.10. The van der Waals surface area contributed by atoms with Gasteiger partial charge in [0.15, 0.2) is 0 Å². The average Bonchev–Trinajstić information content (AvgIpc) is 2.44. The van der Waals surface area contributed by atoms with E-state index in [-0.39, 0.29) is 16.7 Å². The van der Waals surface area contributed by atoms with Gasteiger partial charge in [0, 0.05) is 12.1 Å². The molecule has 21 heavy (non-hydrogen) atoms. The molecule has 2 aromatic rings. The van der Waals surface area contributed by atoms with Gasteiger partial charge >= 0.3 is 5.97 Å². The summed E-state index contributed by atoms with van der Waals surface area (Å²) in [4.78, 5) is 21.7. The van der Waals surface area contributed by atoms with Crippen molar-refractivity contribution in [1.82, 2.24) is 0 Å². The van der Waals surface area contributed by atoms with Crippen molar-refractivity contribution in [3.05, 3.63) is 63.7 Å². The number of nitro benzene ring substituents is 1. The number of carbonyl (C=O) groups is 1. The van der Waals surface area contributed by atoms with E-state index in [0.717, 1.165) is 25.3 Å². The second-order valence-electron chi connectivity index (χ2n) is 4.14. The van der Waals surface area contributed by atoms with E-state index in [4.69, 9.17) is 0 Å². The number of methoxy groups -OCH3 is 1. The Kier molecular flexibility index (Phi) is 3.93. The molecule has 108 valence electrons. The van der Waals surface area contributed by atoms with Crippen LogP contribution in [0.1, 0.15) is 10.4 Å². The van der Waals surface area contributed by atoms with Crippen LogP contribution in [0, 0.1) is 21.7 Å². The van der Waals surface area contributed by atoms with Crippen LogP contribution in [0.4, 0.5) is 14.5 Å². The molecule has 0 N–H and O–H groups in total. The summed E-state index contributed by atoms with van der Waals surface area (Å²) in [5.41, 5.74) is -0.382. The third kappa shape index (κ3) is 3.02. The van der Waals surface area contributed by atoms with Gasteiger partial charge in [-0.25, -0.2) is 13.6 Å². The van der Waals surface area contributed by atoms with E-state index in [9.17, 15) is 23.7 Å².